The molecule has 0 saturated heterocycles. The van der Waals surface area contributed by atoms with Crippen molar-refractivity contribution in [2.75, 3.05) is 6.26 Å². The second-order valence-electron chi connectivity index (χ2n) is 10.5. The lowest BCUT2D eigenvalue weighted by molar-refractivity contribution is -0.157. The van der Waals surface area contributed by atoms with E-state index in [2.05, 4.69) is 12.6 Å². The number of fused-ring (bicyclic) bond motifs is 1. The van der Waals surface area contributed by atoms with Gasteiger partial charge in [0.2, 0.25) is 5.76 Å². The molecule has 1 aromatic rings. The van der Waals surface area contributed by atoms with Gasteiger partial charge in [0.05, 0.1) is 6.26 Å². The molecule has 2 saturated carbocycles. The third-order valence-corrected chi connectivity index (χ3v) is 8.48. The van der Waals surface area contributed by atoms with Crippen LogP contribution >= 0.6 is 12.6 Å². The number of hydrogen-bond acceptors (Lipinski definition) is 7. The molecule has 198 valence electrons. The van der Waals surface area contributed by atoms with Gasteiger partial charge >= 0.3 is 5.97 Å². The van der Waals surface area contributed by atoms with Gasteiger partial charge in [-0.2, -0.15) is 12.6 Å². The zero-order valence-corrected chi connectivity index (χ0v) is 21.8. The highest BCUT2D eigenvalue weighted by molar-refractivity contribution is 7.79. The topological polar surface area (TPSA) is 93.8 Å². The summed E-state index contributed by atoms with van der Waals surface area (Å²) < 4.78 is 40.4. The van der Waals surface area contributed by atoms with Crippen molar-refractivity contribution in [2.24, 2.45) is 28.6 Å². The number of allylic oxidation sites excluding steroid dienone is 4. The van der Waals surface area contributed by atoms with Crippen LogP contribution in [-0.4, -0.2) is 47.5 Å². The molecule has 2 fully saturated rings. The number of carbonyl (C=O) groups excluding carboxylic acids is 3. The molecule has 1 N–H and O–H groups in total. The number of aliphatic hydroxyl groups is 1. The van der Waals surface area contributed by atoms with Crippen molar-refractivity contribution in [1.82, 2.24) is 0 Å². The van der Waals surface area contributed by atoms with Crippen LogP contribution in [0.3, 0.4) is 0 Å². The highest BCUT2D eigenvalue weighted by Gasteiger charge is 2.66. The van der Waals surface area contributed by atoms with Gasteiger partial charge in [0.25, 0.3) is 0 Å². The summed E-state index contributed by atoms with van der Waals surface area (Å²) in [7, 11) is 0. The first-order valence-corrected chi connectivity index (χ1v) is 12.9. The van der Waals surface area contributed by atoms with E-state index in [-0.39, 0.29) is 23.9 Å². The summed E-state index contributed by atoms with van der Waals surface area (Å²) in [5.74, 6) is -2.44. The largest absolute Gasteiger partial charge is 0.457 e. The van der Waals surface area contributed by atoms with E-state index in [1.54, 1.807) is 26.2 Å². The van der Waals surface area contributed by atoms with Gasteiger partial charge in [-0.05, 0) is 67.2 Å². The number of aldehydes is 1. The first kappa shape index (κ1) is 28.3. The normalized spacial score (nSPS) is 38.3. The number of esters is 1. The summed E-state index contributed by atoms with van der Waals surface area (Å²) in [4.78, 5) is 37.3. The SMILES string of the molecule is CS.C[C@@H]1CC(C2C[C@H](F)C3=CC(=O)C=CC3(C)C2)C(C)(CC(O)F)C1(C=O)OC(=O)c1ccco1. The molecule has 36 heavy (non-hydrogen) atoms. The second-order valence-corrected chi connectivity index (χ2v) is 10.5. The van der Waals surface area contributed by atoms with Crippen molar-refractivity contribution in [3.63, 3.8) is 0 Å². The Balaban J connectivity index is 0.00000176. The van der Waals surface area contributed by atoms with Crippen LogP contribution in [0.15, 0.2) is 46.6 Å². The molecule has 0 amide bonds. The summed E-state index contributed by atoms with van der Waals surface area (Å²) in [5.41, 5.74) is -3.30. The quantitative estimate of drug-likeness (QED) is 0.306. The van der Waals surface area contributed by atoms with Crippen LogP contribution in [0.4, 0.5) is 8.78 Å². The van der Waals surface area contributed by atoms with Gasteiger partial charge in [-0.1, -0.05) is 26.8 Å². The third kappa shape index (κ3) is 4.72. The molecule has 3 aliphatic carbocycles. The first-order valence-electron chi connectivity index (χ1n) is 12.0. The Morgan fingerprint density at radius 2 is 2.06 bits per heavy atom. The number of carbonyl (C=O) groups is 3. The molecule has 8 atom stereocenters. The maximum absolute atomic E-state index is 15.4. The lowest BCUT2D eigenvalue weighted by Crippen LogP contribution is -2.55. The second kappa shape index (κ2) is 10.6. The zero-order valence-electron chi connectivity index (χ0n) is 20.9. The van der Waals surface area contributed by atoms with Crippen molar-refractivity contribution >= 4 is 30.7 Å². The van der Waals surface area contributed by atoms with E-state index in [9.17, 15) is 23.9 Å². The number of hydrogen-bond donors (Lipinski definition) is 2. The molecule has 1 aromatic heterocycles. The van der Waals surface area contributed by atoms with E-state index in [0.717, 1.165) is 0 Å². The van der Waals surface area contributed by atoms with Crippen LogP contribution in [0, 0.1) is 28.6 Å². The Morgan fingerprint density at radius 3 is 2.64 bits per heavy atom. The molecular weight excluding hydrogens is 490 g/mol. The fourth-order valence-corrected chi connectivity index (χ4v) is 6.82. The zero-order chi connectivity index (χ0) is 26.9. The fourth-order valence-electron chi connectivity index (χ4n) is 6.82. The Kier molecular flexibility index (Phi) is 8.35. The number of halogens is 2. The lowest BCUT2D eigenvalue weighted by atomic mass is 9.57. The summed E-state index contributed by atoms with van der Waals surface area (Å²) >= 11 is 3.53. The number of ketones is 1. The fraction of sp³-hybridized carbons (Fsp3) is 0.593. The highest BCUT2D eigenvalue weighted by Crippen LogP contribution is 2.63. The maximum atomic E-state index is 15.4. The van der Waals surface area contributed by atoms with E-state index in [4.69, 9.17) is 9.15 Å². The van der Waals surface area contributed by atoms with Crippen LogP contribution in [-0.2, 0) is 14.3 Å². The van der Waals surface area contributed by atoms with E-state index >= 15 is 4.39 Å². The molecule has 6 unspecified atom stereocenters. The minimum Gasteiger partial charge on any atom is -0.457 e. The van der Waals surface area contributed by atoms with Crippen molar-refractivity contribution in [3.8, 4) is 0 Å². The van der Waals surface area contributed by atoms with Crippen LogP contribution < -0.4 is 0 Å². The van der Waals surface area contributed by atoms with E-state index in [1.807, 2.05) is 6.92 Å². The summed E-state index contributed by atoms with van der Waals surface area (Å²) in [5, 5.41) is 9.77. The van der Waals surface area contributed by atoms with Gasteiger partial charge in [-0.3, -0.25) is 9.59 Å². The van der Waals surface area contributed by atoms with Crippen molar-refractivity contribution in [1.29, 1.82) is 0 Å². The van der Waals surface area contributed by atoms with Gasteiger partial charge < -0.3 is 14.3 Å². The van der Waals surface area contributed by atoms with Crippen molar-refractivity contribution in [3.05, 3.63) is 48.0 Å². The number of thiol groups is 1. The van der Waals surface area contributed by atoms with Gasteiger partial charge in [0.15, 0.2) is 24.0 Å². The number of ether oxygens (including phenoxy) is 1. The van der Waals surface area contributed by atoms with Gasteiger partial charge in [0.1, 0.15) is 6.17 Å². The Bertz CT molecular complexity index is 1040. The van der Waals surface area contributed by atoms with Gasteiger partial charge in [0, 0.05) is 23.2 Å². The highest BCUT2D eigenvalue weighted by atomic mass is 32.1. The van der Waals surface area contributed by atoms with E-state index in [1.165, 1.54) is 30.5 Å². The lowest BCUT2D eigenvalue weighted by Gasteiger charge is -2.49. The monoisotopic (exact) mass is 524 g/mol. The Hall–Kier alpha value is -2.26. The smallest absolute Gasteiger partial charge is 0.375 e. The number of aliphatic hydroxyl groups excluding tert-OH is 1. The number of alkyl halides is 2. The Labute approximate surface area is 215 Å². The van der Waals surface area contributed by atoms with E-state index < -0.39 is 53.2 Å². The molecule has 9 heteroatoms. The molecule has 0 aliphatic heterocycles. The maximum Gasteiger partial charge on any atom is 0.375 e. The number of rotatable bonds is 6. The predicted molar refractivity (Wildman–Crippen MR) is 133 cm³/mol. The molecule has 0 spiro atoms. The molecule has 0 bridgehead atoms. The van der Waals surface area contributed by atoms with Gasteiger partial charge in [-0.25, -0.2) is 13.6 Å². The molecule has 0 aromatic carbocycles. The molecule has 6 nitrogen and oxygen atoms in total. The first-order chi connectivity index (χ1) is 17.0. The van der Waals surface area contributed by atoms with Gasteiger partial charge in [-0.15, -0.1) is 0 Å². The molecule has 1 heterocycles. The average Bonchev–Trinajstić information content (AvgIpc) is 3.43. The van der Waals surface area contributed by atoms with Crippen molar-refractivity contribution < 1.29 is 37.4 Å². The average molecular weight is 525 g/mol. The summed E-state index contributed by atoms with van der Waals surface area (Å²) in [6.07, 6.45) is 4.90. The predicted octanol–water partition coefficient (Wildman–Crippen LogP) is 5.08. The summed E-state index contributed by atoms with van der Waals surface area (Å²) in [6.45, 7) is 5.24. The van der Waals surface area contributed by atoms with Crippen LogP contribution in [0.2, 0.25) is 0 Å². The molecule has 3 aliphatic rings. The van der Waals surface area contributed by atoms with Crippen LogP contribution in [0.1, 0.15) is 57.0 Å². The summed E-state index contributed by atoms with van der Waals surface area (Å²) in [6, 6.07) is 2.91. The number of furan rings is 1. The van der Waals surface area contributed by atoms with Crippen molar-refractivity contribution in [2.45, 2.75) is 64.6 Å². The molecular formula is C27H34F2O6S. The van der Waals surface area contributed by atoms with E-state index in [0.29, 0.717) is 24.7 Å². The standard InChI is InChI=1S/C26H30F2O6.CH4S/c1-15-9-18(16-10-20(27)19-11-17(30)6-7-24(19,2)12-16)25(3,13-22(28)31)26(15,14-29)34-23(32)21-5-4-8-33-21;1-2/h4-8,11,14-16,18,20,22,31H,9-10,12-13H2,1-3H3;2H,1H3/t15-,16?,18?,20+,22?,24?,25?,26?;/m1./s1. The molecule has 0 radical (unpaired) electrons. The minimum atomic E-state index is -2.26. The minimum absolute atomic E-state index is 0.0962. The third-order valence-electron chi connectivity index (χ3n) is 8.48. The van der Waals surface area contributed by atoms with Crippen LogP contribution in [0.25, 0.3) is 0 Å². The van der Waals surface area contributed by atoms with Crippen LogP contribution in [0.5, 0.6) is 0 Å². The molecule has 4 rings (SSSR count). The Morgan fingerprint density at radius 1 is 1.36 bits per heavy atom.